The molecule has 0 radical (unpaired) electrons. The molecule has 0 saturated carbocycles. The van der Waals surface area contributed by atoms with Crippen LogP contribution in [0.1, 0.15) is 47.7 Å². The van der Waals surface area contributed by atoms with Crippen LogP contribution in [0.15, 0.2) is 78.0 Å². The maximum Gasteiger partial charge on any atom is 0.257 e. The van der Waals surface area contributed by atoms with Crippen molar-refractivity contribution in [1.29, 1.82) is 0 Å². The van der Waals surface area contributed by atoms with E-state index >= 15 is 0 Å². The predicted molar refractivity (Wildman–Crippen MR) is 125 cm³/mol. The highest BCUT2D eigenvalue weighted by Crippen LogP contribution is 2.20. The minimum Gasteiger partial charge on any atom is -0.497 e. The Morgan fingerprint density at radius 3 is 2.32 bits per heavy atom. The minimum atomic E-state index is -0.250. The van der Waals surface area contributed by atoms with Crippen molar-refractivity contribution in [3.63, 3.8) is 0 Å². The zero-order valence-electron chi connectivity index (χ0n) is 18.1. The second-order valence-electron chi connectivity index (χ2n) is 7.26. The topological polar surface area (TPSA) is 75.6 Å². The van der Waals surface area contributed by atoms with Crippen molar-refractivity contribution in [2.75, 3.05) is 12.4 Å². The normalized spacial score (nSPS) is 12.2. The van der Waals surface area contributed by atoms with Crippen molar-refractivity contribution in [3.05, 3.63) is 89.7 Å². The molecule has 0 fully saturated rings. The number of hydrogen-bond acceptors (Lipinski definition) is 4. The fraction of sp³-hybridized carbons (Fsp3) is 0.240. The van der Waals surface area contributed by atoms with Gasteiger partial charge >= 0.3 is 0 Å². The van der Waals surface area contributed by atoms with E-state index in [4.69, 9.17) is 4.74 Å². The summed E-state index contributed by atoms with van der Waals surface area (Å²) < 4.78 is 5.16. The molecule has 6 nitrogen and oxygen atoms in total. The van der Waals surface area contributed by atoms with Crippen LogP contribution in [0, 0.1) is 0 Å². The van der Waals surface area contributed by atoms with Crippen LogP contribution in [0.2, 0.25) is 0 Å². The summed E-state index contributed by atoms with van der Waals surface area (Å²) in [5, 5.41) is 6.12. The first kappa shape index (κ1) is 22.0. The van der Waals surface area contributed by atoms with Crippen molar-refractivity contribution in [2.24, 2.45) is 4.99 Å². The van der Waals surface area contributed by atoms with Gasteiger partial charge in [-0.25, -0.2) is 4.99 Å². The highest BCUT2D eigenvalue weighted by molar-refractivity contribution is 6.10. The van der Waals surface area contributed by atoms with Gasteiger partial charge in [-0.1, -0.05) is 26.0 Å². The molecule has 3 rings (SSSR count). The lowest BCUT2D eigenvalue weighted by Gasteiger charge is -2.14. The van der Waals surface area contributed by atoms with Crippen LogP contribution in [0.3, 0.4) is 0 Å². The van der Waals surface area contributed by atoms with Gasteiger partial charge in [0.25, 0.3) is 5.91 Å². The molecule has 0 aliphatic carbocycles. The number of hydrogen-bond donors (Lipinski definition) is 2. The van der Waals surface area contributed by atoms with E-state index in [2.05, 4.69) is 46.6 Å². The largest absolute Gasteiger partial charge is 0.497 e. The number of nitrogens with zero attached hydrogens (tertiary/aromatic N) is 2. The lowest BCUT2D eigenvalue weighted by molar-refractivity contribution is 0.0977. The molecular weight excluding hydrogens is 388 g/mol. The number of benzene rings is 2. The zero-order valence-corrected chi connectivity index (χ0v) is 18.1. The van der Waals surface area contributed by atoms with Crippen molar-refractivity contribution in [3.8, 4) is 5.75 Å². The molecule has 31 heavy (non-hydrogen) atoms. The van der Waals surface area contributed by atoms with Crippen LogP contribution >= 0.6 is 0 Å². The number of pyridine rings is 1. The summed E-state index contributed by atoms with van der Waals surface area (Å²) >= 11 is 0. The smallest absolute Gasteiger partial charge is 0.257 e. The first-order valence-electron chi connectivity index (χ1n) is 10.3. The predicted octanol–water partition coefficient (Wildman–Crippen LogP) is 5.00. The molecule has 1 atom stereocenters. The number of aliphatic imine (C=N–C) groups is 1. The fourth-order valence-electron chi connectivity index (χ4n) is 2.96. The molecule has 0 aliphatic heterocycles. The van der Waals surface area contributed by atoms with E-state index in [1.807, 2.05) is 24.3 Å². The van der Waals surface area contributed by atoms with Gasteiger partial charge in [0, 0.05) is 23.6 Å². The summed E-state index contributed by atoms with van der Waals surface area (Å²) in [5.41, 5.74) is 3.66. The number of methoxy groups -OCH3 is 1. The van der Waals surface area contributed by atoms with Gasteiger partial charge in [-0.05, 0) is 72.0 Å². The van der Waals surface area contributed by atoms with Crippen LogP contribution in [0.5, 0.6) is 5.75 Å². The number of ether oxygens (including phenoxy) is 1. The third-order valence-corrected chi connectivity index (χ3v) is 5.11. The van der Waals surface area contributed by atoms with Crippen LogP contribution < -0.4 is 15.4 Å². The van der Waals surface area contributed by atoms with Gasteiger partial charge in [0.1, 0.15) is 5.75 Å². The van der Waals surface area contributed by atoms with Gasteiger partial charge in [0.2, 0.25) is 5.96 Å². The lowest BCUT2D eigenvalue weighted by Crippen LogP contribution is -2.36. The van der Waals surface area contributed by atoms with E-state index in [0.29, 0.717) is 29.7 Å². The minimum absolute atomic E-state index is 0.250. The molecule has 0 aliphatic rings. The maximum absolute atomic E-state index is 12.8. The molecule has 1 heterocycles. The zero-order chi connectivity index (χ0) is 22.1. The van der Waals surface area contributed by atoms with Gasteiger partial charge in [0.15, 0.2) is 0 Å². The van der Waals surface area contributed by atoms with Gasteiger partial charge < -0.3 is 10.1 Å². The molecular formula is C25H28N4O2. The Labute approximate surface area is 183 Å². The Hall–Kier alpha value is -3.67. The Morgan fingerprint density at radius 1 is 1.03 bits per heavy atom. The number of anilines is 1. The lowest BCUT2D eigenvalue weighted by atomic mass is 9.99. The number of guanidine groups is 1. The number of carbonyl (C=O) groups excluding carboxylic acids is 1. The van der Waals surface area contributed by atoms with Gasteiger partial charge in [0.05, 0.1) is 13.7 Å². The fourth-order valence-corrected chi connectivity index (χ4v) is 2.96. The van der Waals surface area contributed by atoms with E-state index in [-0.39, 0.29) is 5.91 Å². The van der Waals surface area contributed by atoms with Crippen LogP contribution in [-0.2, 0) is 6.54 Å². The second kappa shape index (κ2) is 10.9. The Balaban J connectivity index is 1.77. The first-order chi connectivity index (χ1) is 15.1. The maximum atomic E-state index is 12.8. The van der Waals surface area contributed by atoms with Crippen LogP contribution in [0.25, 0.3) is 0 Å². The number of amides is 1. The summed E-state index contributed by atoms with van der Waals surface area (Å²) in [6, 6.07) is 18.9. The summed E-state index contributed by atoms with van der Waals surface area (Å²) in [6.07, 6.45) is 4.53. The SMILES string of the molecule is CCC(C)c1ccc(NC(=NCc2ccncc2)NC(=O)c2ccc(OC)cc2)cc1. The molecule has 1 unspecified atom stereocenters. The van der Waals surface area contributed by atoms with Gasteiger partial charge in [-0.15, -0.1) is 0 Å². The molecule has 0 spiro atoms. The van der Waals surface area contributed by atoms with Crippen molar-refractivity contribution in [1.82, 2.24) is 10.3 Å². The highest BCUT2D eigenvalue weighted by Gasteiger charge is 2.10. The average Bonchev–Trinajstić information content (AvgIpc) is 2.83. The Bertz CT molecular complexity index is 1000. The van der Waals surface area contributed by atoms with E-state index in [1.165, 1.54) is 5.56 Å². The Kier molecular flexibility index (Phi) is 7.76. The monoisotopic (exact) mass is 416 g/mol. The van der Waals surface area contributed by atoms with E-state index in [0.717, 1.165) is 17.7 Å². The summed E-state index contributed by atoms with van der Waals surface area (Å²) in [7, 11) is 1.59. The summed E-state index contributed by atoms with van der Waals surface area (Å²) in [5.74, 6) is 1.33. The third-order valence-electron chi connectivity index (χ3n) is 5.11. The molecule has 1 amide bonds. The van der Waals surface area contributed by atoms with Gasteiger partial charge in [-0.2, -0.15) is 0 Å². The molecule has 0 saturated heterocycles. The summed E-state index contributed by atoms with van der Waals surface area (Å²) in [4.78, 5) is 21.4. The van der Waals surface area contributed by atoms with Crippen molar-refractivity contribution < 1.29 is 9.53 Å². The van der Waals surface area contributed by atoms with Gasteiger partial charge in [-0.3, -0.25) is 15.1 Å². The molecule has 160 valence electrons. The van der Waals surface area contributed by atoms with Crippen molar-refractivity contribution >= 4 is 17.6 Å². The average molecular weight is 417 g/mol. The quantitative estimate of drug-likeness (QED) is 0.420. The standard InChI is InChI=1S/C25H28N4O2/c1-4-18(2)20-5-9-22(10-6-20)28-25(27-17-19-13-15-26-16-14-19)29-24(30)21-7-11-23(31-3)12-8-21/h5-16,18H,4,17H2,1-3H3,(H2,27,28,29,30). The third kappa shape index (κ3) is 6.40. The molecule has 2 N–H and O–H groups in total. The number of aromatic nitrogens is 1. The second-order valence-corrected chi connectivity index (χ2v) is 7.26. The van der Waals surface area contributed by atoms with Crippen LogP contribution in [-0.4, -0.2) is 24.0 Å². The molecule has 0 bridgehead atoms. The molecule has 1 aromatic heterocycles. The highest BCUT2D eigenvalue weighted by atomic mass is 16.5. The number of rotatable bonds is 7. The molecule has 2 aromatic carbocycles. The molecule has 6 heteroatoms. The van der Waals surface area contributed by atoms with E-state index < -0.39 is 0 Å². The van der Waals surface area contributed by atoms with Crippen molar-refractivity contribution in [2.45, 2.75) is 32.7 Å². The summed E-state index contributed by atoms with van der Waals surface area (Å²) in [6.45, 7) is 4.80. The first-order valence-corrected chi connectivity index (χ1v) is 10.3. The Morgan fingerprint density at radius 2 is 1.71 bits per heavy atom. The number of carbonyl (C=O) groups is 1. The van der Waals surface area contributed by atoms with E-state index in [9.17, 15) is 4.79 Å². The van der Waals surface area contributed by atoms with E-state index in [1.54, 1.807) is 43.8 Å². The van der Waals surface area contributed by atoms with Crippen LogP contribution in [0.4, 0.5) is 5.69 Å². The number of nitrogens with one attached hydrogen (secondary N) is 2. The molecule has 3 aromatic rings.